The highest BCUT2D eigenvalue weighted by Gasteiger charge is 2.40. The number of aromatic carboxylic acids is 1. The number of anilines is 2. The molecule has 4 aliphatic rings. The predicted octanol–water partition coefficient (Wildman–Crippen LogP) is 6.01. The highest BCUT2D eigenvalue weighted by Crippen LogP contribution is 2.43. The number of piperazine rings is 1. The number of carboxylic acid groups (broad SMARTS) is 1. The summed E-state index contributed by atoms with van der Waals surface area (Å²) in [6.07, 6.45) is 1.76. The first-order chi connectivity index (χ1) is 23.6. The van der Waals surface area contributed by atoms with Crippen LogP contribution in [0.4, 0.5) is 15.8 Å². The van der Waals surface area contributed by atoms with Crippen LogP contribution in [0.5, 0.6) is 5.75 Å². The molecule has 0 spiro atoms. The van der Waals surface area contributed by atoms with Crippen LogP contribution < -0.4 is 14.5 Å². The molecule has 0 saturated carbocycles. The van der Waals surface area contributed by atoms with Crippen molar-refractivity contribution in [2.45, 2.75) is 44.4 Å². The number of carboxylic acids is 1. The number of hydrogen-bond donors (Lipinski definition) is 1. The molecule has 7 rings (SSSR count). The summed E-state index contributed by atoms with van der Waals surface area (Å²) in [5.74, 6) is -1.79. The molecule has 1 N–H and O–H groups in total. The van der Waals surface area contributed by atoms with Crippen LogP contribution in [-0.2, 0) is 16.0 Å². The molecule has 4 aliphatic heterocycles. The molecular formula is C36H39Cl2FN4O6. The fourth-order valence-electron chi connectivity index (χ4n) is 7.67. The second kappa shape index (κ2) is 14.0. The zero-order valence-electron chi connectivity index (χ0n) is 27.5. The van der Waals surface area contributed by atoms with E-state index in [4.69, 9.17) is 37.4 Å². The summed E-state index contributed by atoms with van der Waals surface area (Å²) >= 11 is 13.5. The standard InChI is InChI=1S/C36H39Cl2FN4O6/c1-21-16-41(9-8-40(21)10-11-47-2)25-12-29(37)33(30(38)13-25)35(44)42-17-22-4-3-5-26(34(22)49-20-42)27-15-32(28(36(45)46)14-31(27)39)43-23-6-7-24(43)19-48-18-23/h3-5,12-15,21,23-24H,6-11,16-20H2,1-2H3,(H,45,46). The van der Waals surface area contributed by atoms with E-state index >= 15 is 4.39 Å². The number of ether oxygens (including phenoxy) is 3. The van der Waals surface area contributed by atoms with Gasteiger partial charge in [-0.05, 0) is 44.0 Å². The summed E-state index contributed by atoms with van der Waals surface area (Å²) in [6.45, 7) is 7.25. The number of amides is 1. The van der Waals surface area contributed by atoms with Gasteiger partial charge in [0.25, 0.3) is 5.91 Å². The van der Waals surface area contributed by atoms with E-state index in [2.05, 4.69) is 21.6 Å². The largest absolute Gasteiger partial charge is 0.478 e. The highest BCUT2D eigenvalue weighted by atomic mass is 35.5. The van der Waals surface area contributed by atoms with Gasteiger partial charge >= 0.3 is 5.97 Å². The average molecular weight is 714 g/mol. The Bertz CT molecular complexity index is 1740. The number of para-hydroxylation sites is 1. The Balaban J connectivity index is 1.13. The third-order valence-electron chi connectivity index (χ3n) is 10.2. The number of morpholine rings is 1. The zero-order valence-corrected chi connectivity index (χ0v) is 29.0. The third-order valence-corrected chi connectivity index (χ3v) is 10.8. The Hall–Kier alpha value is -3.61. The van der Waals surface area contributed by atoms with Crippen molar-refractivity contribution in [3.8, 4) is 16.9 Å². The van der Waals surface area contributed by atoms with E-state index in [9.17, 15) is 14.7 Å². The number of nitrogens with zero attached hydrogens (tertiary/aromatic N) is 4. The van der Waals surface area contributed by atoms with Crippen molar-refractivity contribution in [2.75, 3.05) is 69.6 Å². The molecule has 4 heterocycles. The van der Waals surface area contributed by atoms with E-state index in [-0.39, 0.29) is 58.0 Å². The van der Waals surface area contributed by atoms with Crippen molar-refractivity contribution in [3.05, 3.63) is 75.0 Å². The molecule has 3 unspecified atom stereocenters. The van der Waals surface area contributed by atoms with E-state index < -0.39 is 11.8 Å². The quantitative estimate of drug-likeness (QED) is 0.301. The second-order valence-electron chi connectivity index (χ2n) is 13.2. The lowest BCUT2D eigenvalue weighted by Gasteiger charge is -2.41. The van der Waals surface area contributed by atoms with Gasteiger partial charge in [0.05, 0.1) is 65.3 Å². The van der Waals surface area contributed by atoms with E-state index in [1.54, 1.807) is 37.4 Å². The fraction of sp³-hybridized carbons (Fsp3) is 0.444. The average Bonchev–Trinajstić information content (AvgIpc) is 3.33. The molecule has 3 saturated heterocycles. The lowest BCUT2D eigenvalue weighted by molar-refractivity contribution is 0.0516. The van der Waals surface area contributed by atoms with Gasteiger partial charge in [0.15, 0.2) is 6.73 Å². The molecule has 10 nitrogen and oxygen atoms in total. The van der Waals surface area contributed by atoms with Gasteiger partial charge in [0.1, 0.15) is 11.6 Å². The maximum absolute atomic E-state index is 15.7. The number of carbonyl (C=O) groups is 2. The molecule has 260 valence electrons. The minimum Gasteiger partial charge on any atom is -0.478 e. The number of rotatable bonds is 8. The van der Waals surface area contributed by atoms with Crippen molar-refractivity contribution in [1.29, 1.82) is 0 Å². The van der Waals surface area contributed by atoms with Crippen molar-refractivity contribution >= 4 is 46.5 Å². The van der Waals surface area contributed by atoms with Crippen molar-refractivity contribution in [2.24, 2.45) is 0 Å². The first-order valence-corrected chi connectivity index (χ1v) is 17.3. The number of halogens is 3. The molecule has 0 aromatic heterocycles. The van der Waals surface area contributed by atoms with Crippen LogP contribution in [0.1, 0.15) is 46.0 Å². The minimum atomic E-state index is -1.19. The topological polar surface area (TPSA) is 95.0 Å². The Morgan fingerprint density at radius 1 is 1.04 bits per heavy atom. The molecule has 2 bridgehead atoms. The van der Waals surface area contributed by atoms with Gasteiger partial charge in [-0.1, -0.05) is 41.4 Å². The molecule has 0 aliphatic carbocycles. The van der Waals surface area contributed by atoms with Crippen LogP contribution in [-0.4, -0.2) is 105 Å². The van der Waals surface area contributed by atoms with Gasteiger partial charge in [-0.15, -0.1) is 0 Å². The van der Waals surface area contributed by atoms with Gasteiger partial charge in [-0.2, -0.15) is 0 Å². The minimum absolute atomic E-state index is 0.0308. The van der Waals surface area contributed by atoms with E-state index in [0.717, 1.165) is 50.8 Å². The molecule has 3 atom stereocenters. The van der Waals surface area contributed by atoms with Crippen LogP contribution >= 0.6 is 23.2 Å². The SMILES string of the molecule is COCCN1CCN(c2cc(Cl)c(C(=O)N3COc4c(cccc4-c4cc(N5C6CCC5COC6)c(C(=O)O)cc4F)C3)c(Cl)c2)CC1C. The van der Waals surface area contributed by atoms with Gasteiger partial charge in [0.2, 0.25) is 0 Å². The van der Waals surface area contributed by atoms with Crippen molar-refractivity contribution < 1.29 is 33.3 Å². The van der Waals surface area contributed by atoms with E-state index in [1.807, 2.05) is 6.07 Å². The Kier molecular flexibility index (Phi) is 9.64. The molecule has 13 heteroatoms. The number of carbonyl (C=O) groups excluding carboxylic acids is 1. The summed E-state index contributed by atoms with van der Waals surface area (Å²) in [5.41, 5.74) is 2.84. The Labute approximate surface area is 294 Å². The zero-order chi connectivity index (χ0) is 34.4. The molecule has 1 amide bonds. The lowest BCUT2D eigenvalue weighted by Crippen LogP contribution is -2.52. The van der Waals surface area contributed by atoms with Crippen LogP contribution in [0.2, 0.25) is 10.0 Å². The van der Waals surface area contributed by atoms with Gasteiger partial charge in [0, 0.05) is 61.7 Å². The first-order valence-electron chi connectivity index (χ1n) is 16.6. The molecular weight excluding hydrogens is 674 g/mol. The van der Waals surface area contributed by atoms with Crippen LogP contribution in [0.25, 0.3) is 11.1 Å². The lowest BCUT2D eigenvalue weighted by atomic mass is 9.96. The maximum atomic E-state index is 15.7. The number of benzene rings is 3. The van der Waals surface area contributed by atoms with E-state index in [1.165, 1.54) is 4.90 Å². The van der Waals surface area contributed by atoms with Crippen LogP contribution in [0, 0.1) is 5.82 Å². The third kappa shape index (κ3) is 6.43. The van der Waals surface area contributed by atoms with Crippen molar-refractivity contribution in [3.63, 3.8) is 0 Å². The Morgan fingerprint density at radius 3 is 2.45 bits per heavy atom. The molecule has 3 aromatic rings. The van der Waals surface area contributed by atoms with Crippen LogP contribution in [0.3, 0.4) is 0 Å². The second-order valence-corrected chi connectivity index (χ2v) is 14.0. The van der Waals surface area contributed by atoms with Gasteiger partial charge in [-0.25, -0.2) is 9.18 Å². The summed E-state index contributed by atoms with van der Waals surface area (Å²) in [6, 6.07) is 12.0. The molecule has 49 heavy (non-hydrogen) atoms. The maximum Gasteiger partial charge on any atom is 0.337 e. The normalized spacial score (nSPS) is 22.2. The number of fused-ring (bicyclic) bond motifs is 3. The van der Waals surface area contributed by atoms with E-state index in [0.29, 0.717) is 48.4 Å². The Morgan fingerprint density at radius 2 is 1.78 bits per heavy atom. The smallest absolute Gasteiger partial charge is 0.337 e. The van der Waals surface area contributed by atoms with Gasteiger partial charge < -0.3 is 34.0 Å². The summed E-state index contributed by atoms with van der Waals surface area (Å²) < 4.78 is 32.8. The summed E-state index contributed by atoms with van der Waals surface area (Å²) in [5, 5.41) is 10.5. The summed E-state index contributed by atoms with van der Waals surface area (Å²) in [4.78, 5) is 34.3. The fourth-order valence-corrected chi connectivity index (χ4v) is 8.30. The monoisotopic (exact) mass is 712 g/mol. The predicted molar refractivity (Wildman–Crippen MR) is 186 cm³/mol. The first kappa shape index (κ1) is 33.9. The van der Waals surface area contributed by atoms with Gasteiger partial charge in [-0.3, -0.25) is 9.69 Å². The van der Waals surface area contributed by atoms with Crippen LogP contribution in [0.15, 0.2) is 42.5 Å². The molecule has 0 radical (unpaired) electrons. The summed E-state index contributed by atoms with van der Waals surface area (Å²) in [7, 11) is 1.70. The molecule has 3 fully saturated rings. The number of methoxy groups -OCH3 is 1. The highest BCUT2D eigenvalue weighted by molar-refractivity contribution is 6.40. The number of hydrogen-bond acceptors (Lipinski definition) is 8. The van der Waals surface area contributed by atoms with Crippen molar-refractivity contribution in [1.82, 2.24) is 9.80 Å². The molecule has 3 aromatic carbocycles.